The van der Waals surface area contributed by atoms with Crippen molar-refractivity contribution >= 4 is 11.0 Å². The fourth-order valence-corrected chi connectivity index (χ4v) is 1.53. The van der Waals surface area contributed by atoms with E-state index in [2.05, 4.69) is 35.3 Å². The third kappa shape index (κ3) is 1.54. The van der Waals surface area contributed by atoms with Gasteiger partial charge >= 0.3 is 0 Å². The maximum Gasteiger partial charge on any atom is 0.116 e. The summed E-state index contributed by atoms with van der Waals surface area (Å²) in [5.41, 5.74) is 3.25. The van der Waals surface area contributed by atoms with Crippen LogP contribution in [0, 0.1) is 5.92 Å². The van der Waals surface area contributed by atoms with Crippen LogP contribution in [0.5, 0.6) is 0 Å². The number of benzene rings is 1. The molecule has 1 heterocycles. The molecule has 0 saturated carbocycles. The number of H-pyrrole nitrogens is 1. The van der Waals surface area contributed by atoms with Crippen LogP contribution in [-0.4, -0.2) is 15.4 Å². The molecule has 68 valence electrons. The molecule has 13 heavy (non-hydrogen) atoms. The first-order chi connectivity index (χ1) is 6.27. The molecule has 1 N–H and O–H groups in total. The number of nitrogens with zero attached hydrogens (tertiary/aromatic N) is 2. The molecule has 2 aromatic rings. The van der Waals surface area contributed by atoms with E-state index in [0.29, 0.717) is 5.92 Å². The Balaban J connectivity index is 2.48. The molecular formula is C10H13N3. The highest BCUT2D eigenvalue weighted by atomic mass is 15.3. The van der Waals surface area contributed by atoms with Crippen molar-refractivity contribution in [3.8, 4) is 0 Å². The van der Waals surface area contributed by atoms with Crippen LogP contribution >= 0.6 is 0 Å². The topological polar surface area (TPSA) is 41.6 Å². The Morgan fingerprint density at radius 3 is 2.92 bits per heavy atom. The largest absolute Gasteiger partial charge is 0.197 e. The molecule has 0 saturated heterocycles. The first kappa shape index (κ1) is 8.23. The monoisotopic (exact) mass is 175 g/mol. The minimum absolute atomic E-state index is 0.655. The van der Waals surface area contributed by atoms with E-state index in [1.54, 1.807) is 0 Å². The zero-order chi connectivity index (χ0) is 9.26. The molecule has 2 rings (SSSR count). The number of hydrogen-bond donors (Lipinski definition) is 1. The first-order valence-corrected chi connectivity index (χ1v) is 4.55. The van der Waals surface area contributed by atoms with Crippen LogP contribution in [0.2, 0.25) is 0 Å². The number of para-hydroxylation sites is 1. The van der Waals surface area contributed by atoms with Crippen molar-refractivity contribution in [2.24, 2.45) is 5.92 Å². The smallest absolute Gasteiger partial charge is 0.116 e. The van der Waals surface area contributed by atoms with Crippen molar-refractivity contribution in [2.45, 2.75) is 20.3 Å². The fraction of sp³-hybridized carbons (Fsp3) is 0.400. The van der Waals surface area contributed by atoms with Crippen LogP contribution in [0.4, 0.5) is 0 Å². The summed E-state index contributed by atoms with van der Waals surface area (Å²) in [5, 5.41) is 10.8. The van der Waals surface area contributed by atoms with Gasteiger partial charge in [-0.15, -0.1) is 0 Å². The molecule has 0 aliphatic carbocycles. The van der Waals surface area contributed by atoms with Gasteiger partial charge in [-0.3, -0.25) is 0 Å². The highest BCUT2D eigenvalue weighted by Gasteiger charge is 2.05. The molecule has 0 aliphatic rings. The maximum absolute atomic E-state index is 4.14. The summed E-state index contributed by atoms with van der Waals surface area (Å²) in [4.78, 5) is 0. The Bertz CT molecular complexity index is 403. The van der Waals surface area contributed by atoms with Crippen molar-refractivity contribution < 1.29 is 0 Å². The summed E-state index contributed by atoms with van der Waals surface area (Å²) in [6.45, 7) is 4.41. The predicted molar refractivity (Wildman–Crippen MR) is 52.4 cm³/mol. The molecule has 0 aliphatic heterocycles. The Hall–Kier alpha value is -1.38. The standard InChI is InChI=1S/C10H13N3/c1-7(2)6-8-4-3-5-9-10(8)12-13-11-9/h3-5,7H,6H2,1-2H3,(H,11,12,13). The molecule has 0 fully saturated rings. The summed E-state index contributed by atoms with van der Waals surface area (Å²) in [6.07, 6.45) is 1.06. The molecule has 1 aromatic carbocycles. The molecule has 3 heteroatoms. The van der Waals surface area contributed by atoms with E-state index in [-0.39, 0.29) is 0 Å². The maximum atomic E-state index is 4.14. The second-order valence-electron chi connectivity index (χ2n) is 3.71. The fourth-order valence-electron chi connectivity index (χ4n) is 1.53. The van der Waals surface area contributed by atoms with Crippen molar-refractivity contribution in [3.05, 3.63) is 23.8 Å². The molecular weight excluding hydrogens is 162 g/mol. The van der Waals surface area contributed by atoms with Gasteiger partial charge in [0.15, 0.2) is 0 Å². The lowest BCUT2D eigenvalue weighted by Gasteiger charge is -2.03. The number of aromatic amines is 1. The Morgan fingerprint density at radius 1 is 1.31 bits per heavy atom. The molecule has 0 atom stereocenters. The summed E-state index contributed by atoms with van der Waals surface area (Å²) in [7, 11) is 0. The summed E-state index contributed by atoms with van der Waals surface area (Å²) >= 11 is 0. The number of hydrogen-bond acceptors (Lipinski definition) is 2. The molecule has 0 amide bonds. The normalized spacial score (nSPS) is 11.3. The number of fused-ring (bicyclic) bond motifs is 1. The van der Waals surface area contributed by atoms with Crippen LogP contribution < -0.4 is 0 Å². The zero-order valence-electron chi connectivity index (χ0n) is 7.91. The second-order valence-corrected chi connectivity index (χ2v) is 3.71. The quantitative estimate of drug-likeness (QED) is 0.759. The van der Waals surface area contributed by atoms with Gasteiger partial charge in [-0.25, -0.2) is 0 Å². The van der Waals surface area contributed by atoms with Gasteiger partial charge in [0.05, 0.1) is 0 Å². The van der Waals surface area contributed by atoms with Gasteiger partial charge in [0.25, 0.3) is 0 Å². The van der Waals surface area contributed by atoms with Gasteiger partial charge in [0.1, 0.15) is 11.0 Å². The van der Waals surface area contributed by atoms with Crippen LogP contribution in [0.15, 0.2) is 18.2 Å². The van der Waals surface area contributed by atoms with E-state index < -0.39 is 0 Å². The van der Waals surface area contributed by atoms with Crippen LogP contribution in [0.25, 0.3) is 11.0 Å². The van der Waals surface area contributed by atoms with Crippen molar-refractivity contribution in [1.29, 1.82) is 0 Å². The Morgan fingerprint density at radius 2 is 2.15 bits per heavy atom. The van der Waals surface area contributed by atoms with Gasteiger partial charge < -0.3 is 0 Å². The summed E-state index contributed by atoms with van der Waals surface area (Å²) < 4.78 is 0. The SMILES string of the molecule is CC(C)Cc1cccc2n[nH]nc12. The van der Waals surface area contributed by atoms with Crippen LogP contribution in [0.3, 0.4) is 0 Å². The van der Waals surface area contributed by atoms with Crippen molar-refractivity contribution in [1.82, 2.24) is 15.4 Å². The number of aromatic nitrogens is 3. The molecule has 0 radical (unpaired) electrons. The van der Waals surface area contributed by atoms with E-state index in [4.69, 9.17) is 0 Å². The second kappa shape index (κ2) is 3.17. The number of rotatable bonds is 2. The van der Waals surface area contributed by atoms with Crippen LogP contribution in [-0.2, 0) is 6.42 Å². The van der Waals surface area contributed by atoms with Crippen LogP contribution in [0.1, 0.15) is 19.4 Å². The zero-order valence-corrected chi connectivity index (χ0v) is 7.91. The average Bonchev–Trinajstić information content (AvgIpc) is 2.51. The first-order valence-electron chi connectivity index (χ1n) is 4.55. The van der Waals surface area contributed by atoms with Gasteiger partial charge in [-0.05, 0) is 24.0 Å². The lowest BCUT2D eigenvalue weighted by atomic mass is 10.0. The molecule has 1 aromatic heterocycles. The number of nitrogens with one attached hydrogen (secondary N) is 1. The van der Waals surface area contributed by atoms with E-state index in [1.165, 1.54) is 5.56 Å². The lowest BCUT2D eigenvalue weighted by Crippen LogP contribution is -1.94. The molecule has 3 nitrogen and oxygen atoms in total. The minimum Gasteiger partial charge on any atom is -0.197 e. The predicted octanol–water partition coefficient (Wildman–Crippen LogP) is 2.16. The third-order valence-electron chi connectivity index (χ3n) is 2.06. The van der Waals surface area contributed by atoms with E-state index in [0.717, 1.165) is 17.5 Å². The van der Waals surface area contributed by atoms with Crippen molar-refractivity contribution in [3.63, 3.8) is 0 Å². The van der Waals surface area contributed by atoms with Gasteiger partial charge in [0.2, 0.25) is 0 Å². The summed E-state index contributed by atoms with van der Waals surface area (Å²) in [6, 6.07) is 6.12. The molecule has 0 unspecified atom stereocenters. The van der Waals surface area contributed by atoms with Gasteiger partial charge in [-0.2, -0.15) is 15.4 Å². The highest BCUT2D eigenvalue weighted by molar-refractivity contribution is 5.77. The van der Waals surface area contributed by atoms with E-state index in [9.17, 15) is 0 Å². The van der Waals surface area contributed by atoms with E-state index in [1.807, 2.05) is 12.1 Å². The van der Waals surface area contributed by atoms with Gasteiger partial charge in [0, 0.05) is 0 Å². The third-order valence-corrected chi connectivity index (χ3v) is 2.06. The molecule has 0 bridgehead atoms. The highest BCUT2D eigenvalue weighted by Crippen LogP contribution is 2.16. The van der Waals surface area contributed by atoms with Crippen molar-refractivity contribution in [2.75, 3.05) is 0 Å². The lowest BCUT2D eigenvalue weighted by molar-refractivity contribution is 0.649. The molecule has 0 spiro atoms. The van der Waals surface area contributed by atoms with E-state index >= 15 is 0 Å². The summed E-state index contributed by atoms with van der Waals surface area (Å²) in [5.74, 6) is 0.655. The minimum atomic E-state index is 0.655. The van der Waals surface area contributed by atoms with Gasteiger partial charge in [-0.1, -0.05) is 26.0 Å². The Labute approximate surface area is 77.2 Å². The average molecular weight is 175 g/mol. The Kier molecular flexibility index (Phi) is 2.00.